The molecule has 0 aromatic carbocycles. The lowest BCUT2D eigenvalue weighted by molar-refractivity contribution is -0.126. The van der Waals surface area contributed by atoms with Gasteiger partial charge in [0, 0.05) is 30.8 Å². The zero-order valence-electron chi connectivity index (χ0n) is 13.2. The first-order chi connectivity index (χ1) is 10.7. The Kier molecular flexibility index (Phi) is 4.93. The highest BCUT2D eigenvalue weighted by molar-refractivity contribution is 5.78. The van der Waals surface area contributed by atoms with Gasteiger partial charge in [-0.3, -0.25) is 4.79 Å². The number of piperidine rings is 1. The minimum absolute atomic E-state index is 0.130. The fraction of sp³-hybridized carbons (Fsp3) is 0.647. The van der Waals surface area contributed by atoms with Crippen LogP contribution >= 0.6 is 0 Å². The number of nitrogens with one attached hydrogen (secondary N) is 2. The Hall–Kier alpha value is -1.62. The summed E-state index contributed by atoms with van der Waals surface area (Å²) in [5, 5.41) is 6.39. The standard InChI is InChI=1S/C17H25N3O2/c1-12-8-15(6-7-18-12)17(21)20-10-14-4-5-16(19-9-14)22-11-13-2-3-13/h4-5,9,12-13,15,18H,2-3,6-8,10-11H2,1H3,(H,20,21)/t12-,15-/m0/s1. The Morgan fingerprint density at radius 3 is 2.95 bits per heavy atom. The monoisotopic (exact) mass is 303 g/mol. The summed E-state index contributed by atoms with van der Waals surface area (Å²) in [6.07, 6.45) is 6.17. The number of amides is 1. The number of rotatable bonds is 6. The van der Waals surface area contributed by atoms with Crippen LogP contribution < -0.4 is 15.4 Å². The molecule has 120 valence electrons. The van der Waals surface area contributed by atoms with E-state index in [2.05, 4.69) is 22.5 Å². The van der Waals surface area contributed by atoms with E-state index >= 15 is 0 Å². The lowest BCUT2D eigenvalue weighted by Gasteiger charge is -2.27. The molecular weight excluding hydrogens is 278 g/mol. The molecule has 1 saturated carbocycles. The van der Waals surface area contributed by atoms with Gasteiger partial charge < -0.3 is 15.4 Å². The van der Waals surface area contributed by atoms with Gasteiger partial charge in [0.1, 0.15) is 0 Å². The van der Waals surface area contributed by atoms with Gasteiger partial charge in [-0.05, 0) is 50.6 Å². The SMILES string of the molecule is C[C@H]1C[C@@H](C(=O)NCc2ccc(OCC3CC3)nc2)CCN1. The van der Waals surface area contributed by atoms with E-state index in [0.717, 1.165) is 37.5 Å². The first kappa shape index (κ1) is 15.3. The van der Waals surface area contributed by atoms with Crippen LogP contribution in [-0.4, -0.2) is 30.1 Å². The quantitative estimate of drug-likeness (QED) is 0.842. The summed E-state index contributed by atoms with van der Waals surface area (Å²) in [7, 11) is 0. The van der Waals surface area contributed by atoms with Crippen LogP contribution in [0.25, 0.3) is 0 Å². The van der Waals surface area contributed by atoms with Crippen molar-refractivity contribution in [2.75, 3.05) is 13.2 Å². The van der Waals surface area contributed by atoms with Crippen LogP contribution in [0, 0.1) is 11.8 Å². The highest BCUT2D eigenvalue weighted by Gasteiger charge is 2.24. The smallest absolute Gasteiger partial charge is 0.223 e. The van der Waals surface area contributed by atoms with Crippen molar-refractivity contribution in [2.45, 2.75) is 45.2 Å². The van der Waals surface area contributed by atoms with Crippen molar-refractivity contribution in [3.05, 3.63) is 23.9 Å². The van der Waals surface area contributed by atoms with Gasteiger partial charge in [-0.2, -0.15) is 0 Å². The van der Waals surface area contributed by atoms with E-state index in [1.54, 1.807) is 6.20 Å². The van der Waals surface area contributed by atoms with Crippen LogP contribution in [0.5, 0.6) is 5.88 Å². The van der Waals surface area contributed by atoms with Crippen molar-refractivity contribution in [2.24, 2.45) is 11.8 Å². The lowest BCUT2D eigenvalue weighted by atomic mass is 9.92. The van der Waals surface area contributed by atoms with Gasteiger partial charge >= 0.3 is 0 Å². The molecule has 3 rings (SSSR count). The molecule has 2 heterocycles. The molecule has 2 N–H and O–H groups in total. The number of hydrogen-bond donors (Lipinski definition) is 2. The van der Waals surface area contributed by atoms with Crippen molar-refractivity contribution >= 4 is 5.91 Å². The van der Waals surface area contributed by atoms with Crippen molar-refractivity contribution < 1.29 is 9.53 Å². The minimum Gasteiger partial charge on any atom is -0.477 e. The molecule has 0 radical (unpaired) electrons. The van der Waals surface area contributed by atoms with E-state index in [4.69, 9.17) is 4.74 Å². The highest BCUT2D eigenvalue weighted by atomic mass is 16.5. The van der Waals surface area contributed by atoms with Gasteiger partial charge in [0.25, 0.3) is 0 Å². The molecule has 2 fully saturated rings. The average Bonchev–Trinajstić information content (AvgIpc) is 3.36. The molecule has 22 heavy (non-hydrogen) atoms. The molecule has 1 aromatic heterocycles. The predicted molar refractivity (Wildman–Crippen MR) is 84.5 cm³/mol. The minimum atomic E-state index is 0.130. The van der Waals surface area contributed by atoms with Crippen molar-refractivity contribution in [3.8, 4) is 5.88 Å². The molecular formula is C17H25N3O2. The highest BCUT2D eigenvalue weighted by Crippen LogP contribution is 2.29. The van der Waals surface area contributed by atoms with Crippen LogP contribution in [0.1, 0.15) is 38.2 Å². The maximum Gasteiger partial charge on any atom is 0.223 e. The molecule has 5 nitrogen and oxygen atoms in total. The van der Waals surface area contributed by atoms with Crippen molar-refractivity contribution in [1.29, 1.82) is 0 Å². The van der Waals surface area contributed by atoms with E-state index in [1.807, 2.05) is 12.1 Å². The van der Waals surface area contributed by atoms with Gasteiger partial charge in [-0.25, -0.2) is 4.98 Å². The van der Waals surface area contributed by atoms with E-state index in [9.17, 15) is 4.79 Å². The van der Waals surface area contributed by atoms with Crippen LogP contribution in [-0.2, 0) is 11.3 Å². The zero-order chi connectivity index (χ0) is 15.4. The first-order valence-corrected chi connectivity index (χ1v) is 8.29. The van der Waals surface area contributed by atoms with E-state index in [0.29, 0.717) is 18.5 Å². The topological polar surface area (TPSA) is 63.2 Å². The number of aromatic nitrogens is 1. The normalized spacial score (nSPS) is 24.8. The average molecular weight is 303 g/mol. The lowest BCUT2D eigenvalue weighted by Crippen LogP contribution is -2.42. The third-order valence-electron chi connectivity index (χ3n) is 4.42. The summed E-state index contributed by atoms with van der Waals surface area (Å²) in [6.45, 7) is 4.36. The molecule has 0 spiro atoms. The van der Waals surface area contributed by atoms with Crippen LogP contribution in [0.15, 0.2) is 18.3 Å². The largest absolute Gasteiger partial charge is 0.477 e. The second-order valence-electron chi connectivity index (χ2n) is 6.55. The number of carbonyl (C=O) groups excluding carboxylic acids is 1. The number of pyridine rings is 1. The van der Waals surface area contributed by atoms with Gasteiger partial charge in [-0.15, -0.1) is 0 Å². The molecule has 0 unspecified atom stereocenters. The summed E-state index contributed by atoms with van der Waals surface area (Å²) >= 11 is 0. The Balaban J connectivity index is 1.43. The van der Waals surface area contributed by atoms with E-state index in [-0.39, 0.29) is 11.8 Å². The van der Waals surface area contributed by atoms with E-state index < -0.39 is 0 Å². The molecule has 1 saturated heterocycles. The molecule has 1 amide bonds. The second-order valence-corrected chi connectivity index (χ2v) is 6.55. The molecule has 2 aliphatic rings. The zero-order valence-corrected chi connectivity index (χ0v) is 13.2. The molecule has 2 atom stereocenters. The summed E-state index contributed by atoms with van der Waals surface area (Å²) < 4.78 is 5.61. The molecule has 5 heteroatoms. The van der Waals surface area contributed by atoms with Crippen LogP contribution in [0.3, 0.4) is 0 Å². The van der Waals surface area contributed by atoms with Crippen molar-refractivity contribution in [1.82, 2.24) is 15.6 Å². The second kappa shape index (κ2) is 7.09. The number of ether oxygens (including phenoxy) is 1. The number of carbonyl (C=O) groups is 1. The Labute approximate surface area is 131 Å². The Morgan fingerprint density at radius 2 is 2.27 bits per heavy atom. The van der Waals surface area contributed by atoms with Gasteiger partial charge in [0.15, 0.2) is 0 Å². The maximum absolute atomic E-state index is 12.2. The summed E-state index contributed by atoms with van der Waals surface area (Å²) in [6, 6.07) is 4.28. The molecule has 0 bridgehead atoms. The Bertz CT molecular complexity index is 499. The molecule has 1 aliphatic carbocycles. The summed E-state index contributed by atoms with van der Waals surface area (Å²) in [5.41, 5.74) is 1.01. The number of hydrogen-bond acceptors (Lipinski definition) is 4. The van der Waals surface area contributed by atoms with Crippen LogP contribution in [0.4, 0.5) is 0 Å². The first-order valence-electron chi connectivity index (χ1n) is 8.29. The summed E-state index contributed by atoms with van der Waals surface area (Å²) in [5.74, 6) is 1.69. The maximum atomic E-state index is 12.2. The predicted octanol–water partition coefficient (Wildman–Crippen LogP) is 1.87. The molecule has 1 aromatic rings. The Morgan fingerprint density at radius 1 is 1.41 bits per heavy atom. The van der Waals surface area contributed by atoms with Gasteiger partial charge in [-0.1, -0.05) is 6.07 Å². The van der Waals surface area contributed by atoms with Crippen molar-refractivity contribution in [3.63, 3.8) is 0 Å². The third-order valence-corrected chi connectivity index (χ3v) is 4.42. The fourth-order valence-corrected chi connectivity index (χ4v) is 2.79. The summed E-state index contributed by atoms with van der Waals surface area (Å²) in [4.78, 5) is 16.5. The van der Waals surface area contributed by atoms with Gasteiger partial charge in [0.2, 0.25) is 11.8 Å². The molecule has 1 aliphatic heterocycles. The number of nitrogens with zero attached hydrogens (tertiary/aromatic N) is 1. The fourth-order valence-electron chi connectivity index (χ4n) is 2.79. The van der Waals surface area contributed by atoms with Gasteiger partial charge in [0.05, 0.1) is 6.61 Å². The van der Waals surface area contributed by atoms with E-state index in [1.165, 1.54) is 12.8 Å². The third kappa shape index (κ3) is 4.44. The van der Waals surface area contributed by atoms with Crippen LogP contribution in [0.2, 0.25) is 0 Å².